The fourth-order valence-electron chi connectivity index (χ4n) is 1.57. The Balaban J connectivity index is 2.90. The van der Waals surface area contributed by atoms with Crippen molar-refractivity contribution in [3.05, 3.63) is 28.7 Å². The molecule has 2 heterocycles. The molecule has 0 bridgehead atoms. The lowest BCUT2D eigenvalue weighted by atomic mass is 10.1. The molecule has 0 aromatic carbocycles. The van der Waals surface area contributed by atoms with Crippen molar-refractivity contribution < 1.29 is 0 Å². The van der Waals surface area contributed by atoms with Crippen LogP contribution in [0.2, 0.25) is 0 Å². The smallest absolute Gasteiger partial charge is 0.265 e. The summed E-state index contributed by atoms with van der Waals surface area (Å²) < 4.78 is 1.60. The second kappa shape index (κ2) is 3.37. The van der Waals surface area contributed by atoms with Gasteiger partial charge < -0.3 is 0 Å². The van der Waals surface area contributed by atoms with E-state index in [9.17, 15) is 4.79 Å². The Morgan fingerprint density at radius 2 is 1.88 bits per heavy atom. The van der Waals surface area contributed by atoms with Gasteiger partial charge in [0.05, 0.1) is 5.69 Å². The number of rotatable bonds is 0. The lowest BCUT2D eigenvalue weighted by molar-refractivity contribution is 0.381. The molecule has 5 heteroatoms. The SMILES string of the molecule is Cc1ncnc2ncn(C(C)(C)C)c(=O)c12. The molecule has 0 fully saturated rings. The first-order valence-corrected chi connectivity index (χ1v) is 5.10. The lowest BCUT2D eigenvalue weighted by Gasteiger charge is -2.21. The summed E-state index contributed by atoms with van der Waals surface area (Å²) in [4.78, 5) is 24.4. The van der Waals surface area contributed by atoms with Crippen molar-refractivity contribution in [2.75, 3.05) is 0 Å². The first-order chi connectivity index (χ1) is 7.41. The standard InChI is InChI=1S/C11H14N4O/c1-7-8-9(13-5-12-7)14-6-15(10(8)16)11(2,3)4/h5-6H,1-4H3. The highest BCUT2D eigenvalue weighted by atomic mass is 16.1. The predicted octanol–water partition coefficient (Wildman–Crippen LogP) is 1.25. The van der Waals surface area contributed by atoms with E-state index in [1.165, 1.54) is 12.7 Å². The average Bonchev–Trinajstić information content (AvgIpc) is 2.16. The minimum absolute atomic E-state index is 0.0874. The second-order valence-corrected chi connectivity index (χ2v) is 4.75. The Kier molecular flexibility index (Phi) is 2.26. The summed E-state index contributed by atoms with van der Waals surface area (Å²) in [5.41, 5.74) is 0.746. The zero-order valence-electron chi connectivity index (χ0n) is 9.85. The number of fused-ring (bicyclic) bond motifs is 1. The van der Waals surface area contributed by atoms with Gasteiger partial charge in [-0.05, 0) is 27.7 Å². The zero-order chi connectivity index (χ0) is 11.9. The van der Waals surface area contributed by atoms with E-state index in [2.05, 4.69) is 15.0 Å². The van der Waals surface area contributed by atoms with E-state index in [1.807, 2.05) is 20.8 Å². The van der Waals surface area contributed by atoms with E-state index < -0.39 is 0 Å². The Bertz CT molecular complexity index is 595. The number of nitrogens with zero attached hydrogens (tertiary/aromatic N) is 4. The Morgan fingerprint density at radius 1 is 1.19 bits per heavy atom. The van der Waals surface area contributed by atoms with Gasteiger partial charge >= 0.3 is 0 Å². The normalized spacial score (nSPS) is 12.0. The van der Waals surface area contributed by atoms with Crippen LogP contribution in [-0.4, -0.2) is 19.5 Å². The third-order valence-corrected chi connectivity index (χ3v) is 2.47. The summed E-state index contributed by atoms with van der Waals surface area (Å²) in [5.74, 6) is 0. The van der Waals surface area contributed by atoms with Crippen LogP contribution >= 0.6 is 0 Å². The number of aryl methyl sites for hydroxylation is 1. The van der Waals surface area contributed by atoms with Gasteiger partial charge in [-0.3, -0.25) is 9.36 Å². The summed E-state index contributed by atoms with van der Waals surface area (Å²) in [6.45, 7) is 7.67. The Morgan fingerprint density at radius 3 is 2.50 bits per heavy atom. The molecule has 0 unspecified atom stereocenters. The van der Waals surface area contributed by atoms with Crippen LogP contribution in [0.5, 0.6) is 0 Å². The zero-order valence-corrected chi connectivity index (χ0v) is 9.85. The molecule has 0 aliphatic heterocycles. The summed E-state index contributed by atoms with van der Waals surface area (Å²) in [6, 6.07) is 0. The maximum absolute atomic E-state index is 12.2. The molecule has 0 saturated carbocycles. The van der Waals surface area contributed by atoms with Crippen LogP contribution in [0, 0.1) is 6.92 Å². The molecule has 0 amide bonds. The molecule has 0 spiro atoms. The maximum atomic E-state index is 12.2. The number of hydrogen-bond donors (Lipinski definition) is 0. The highest BCUT2D eigenvalue weighted by Gasteiger charge is 2.17. The molecule has 0 N–H and O–H groups in total. The van der Waals surface area contributed by atoms with Gasteiger partial charge in [0.1, 0.15) is 18.0 Å². The van der Waals surface area contributed by atoms with Gasteiger partial charge in [0, 0.05) is 5.54 Å². The molecular formula is C11H14N4O. The van der Waals surface area contributed by atoms with Crippen LogP contribution in [0.25, 0.3) is 11.0 Å². The monoisotopic (exact) mass is 218 g/mol. The fraction of sp³-hybridized carbons (Fsp3) is 0.455. The van der Waals surface area contributed by atoms with Gasteiger partial charge in [0.25, 0.3) is 5.56 Å². The van der Waals surface area contributed by atoms with Crippen LogP contribution in [0.1, 0.15) is 26.5 Å². The molecular weight excluding hydrogens is 204 g/mol. The minimum atomic E-state index is -0.291. The van der Waals surface area contributed by atoms with Crippen molar-refractivity contribution in [2.45, 2.75) is 33.2 Å². The van der Waals surface area contributed by atoms with Crippen LogP contribution in [-0.2, 0) is 5.54 Å². The van der Waals surface area contributed by atoms with E-state index >= 15 is 0 Å². The topological polar surface area (TPSA) is 60.7 Å². The van der Waals surface area contributed by atoms with Crippen LogP contribution < -0.4 is 5.56 Å². The van der Waals surface area contributed by atoms with Crippen molar-refractivity contribution >= 4 is 11.0 Å². The average molecular weight is 218 g/mol. The molecule has 0 atom stereocenters. The second-order valence-electron chi connectivity index (χ2n) is 4.75. The van der Waals surface area contributed by atoms with E-state index in [-0.39, 0.29) is 11.1 Å². The molecule has 0 aliphatic rings. The van der Waals surface area contributed by atoms with Gasteiger partial charge in [-0.25, -0.2) is 15.0 Å². The van der Waals surface area contributed by atoms with E-state index in [1.54, 1.807) is 11.5 Å². The van der Waals surface area contributed by atoms with Gasteiger partial charge in [0.15, 0.2) is 5.65 Å². The number of aromatic nitrogens is 4. The van der Waals surface area contributed by atoms with Gasteiger partial charge in [-0.1, -0.05) is 0 Å². The van der Waals surface area contributed by atoms with Crippen LogP contribution in [0.3, 0.4) is 0 Å². The van der Waals surface area contributed by atoms with E-state index in [0.717, 1.165) is 0 Å². The lowest BCUT2D eigenvalue weighted by Crippen LogP contribution is -2.34. The molecule has 2 aromatic rings. The first-order valence-electron chi connectivity index (χ1n) is 5.10. The molecule has 16 heavy (non-hydrogen) atoms. The molecule has 2 rings (SSSR count). The van der Waals surface area contributed by atoms with E-state index in [0.29, 0.717) is 16.7 Å². The van der Waals surface area contributed by atoms with Gasteiger partial charge in [0.2, 0.25) is 0 Å². The molecule has 0 radical (unpaired) electrons. The molecule has 0 aliphatic carbocycles. The predicted molar refractivity (Wildman–Crippen MR) is 61.3 cm³/mol. The van der Waals surface area contributed by atoms with Crippen molar-refractivity contribution in [3.63, 3.8) is 0 Å². The maximum Gasteiger partial charge on any atom is 0.265 e. The summed E-state index contributed by atoms with van der Waals surface area (Å²) >= 11 is 0. The third-order valence-electron chi connectivity index (χ3n) is 2.47. The summed E-state index contributed by atoms with van der Waals surface area (Å²) in [7, 11) is 0. The Labute approximate surface area is 93.2 Å². The van der Waals surface area contributed by atoms with Crippen molar-refractivity contribution in [1.82, 2.24) is 19.5 Å². The summed E-state index contributed by atoms with van der Waals surface area (Å²) in [6.07, 6.45) is 2.96. The van der Waals surface area contributed by atoms with Crippen molar-refractivity contribution in [3.8, 4) is 0 Å². The highest BCUT2D eigenvalue weighted by Crippen LogP contribution is 2.12. The van der Waals surface area contributed by atoms with E-state index in [4.69, 9.17) is 0 Å². The number of hydrogen-bond acceptors (Lipinski definition) is 4. The summed E-state index contributed by atoms with van der Waals surface area (Å²) in [5, 5.41) is 0.500. The minimum Gasteiger partial charge on any atom is -0.293 e. The highest BCUT2D eigenvalue weighted by molar-refractivity contribution is 5.75. The first kappa shape index (κ1) is 10.7. The van der Waals surface area contributed by atoms with Gasteiger partial charge in [-0.15, -0.1) is 0 Å². The van der Waals surface area contributed by atoms with Gasteiger partial charge in [-0.2, -0.15) is 0 Å². The van der Waals surface area contributed by atoms with Crippen LogP contribution in [0.4, 0.5) is 0 Å². The molecule has 2 aromatic heterocycles. The molecule has 84 valence electrons. The van der Waals surface area contributed by atoms with Crippen LogP contribution in [0.15, 0.2) is 17.4 Å². The quantitative estimate of drug-likeness (QED) is 0.667. The Hall–Kier alpha value is -1.78. The fourth-order valence-corrected chi connectivity index (χ4v) is 1.57. The third kappa shape index (κ3) is 1.58. The van der Waals surface area contributed by atoms with Crippen molar-refractivity contribution in [2.24, 2.45) is 0 Å². The molecule has 0 saturated heterocycles. The molecule has 5 nitrogen and oxygen atoms in total. The largest absolute Gasteiger partial charge is 0.293 e. The van der Waals surface area contributed by atoms with Crippen molar-refractivity contribution in [1.29, 1.82) is 0 Å².